The fourth-order valence-corrected chi connectivity index (χ4v) is 4.92. The molecule has 6 rings (SSSR count). The first-order valence-corrected chi connectivity index (χ1v) is 11.6. The molecule has 6 heteroatoms. The molecule has 0 radical (unpaired) electrons. The molecule has 0 unspecified atom stereocenters. The summed E-state index contributed by atoms with van der Waals surface area (Å²) in [6.45, 7) is 5.04. The van der Waals surface area contributed by atoms with E-state index in [9.17, 15) is 4.79 Å². The fraction of sp³-hybridized carbons (Fsp3) is 0.259. The summed E-state index contributed by atoms with van der Waals surface area (Å²) in [6, 6.07) is 17.2. The third-order valence-corrected chi connectivity index (χ3v) is 6.94. The van der Waals surface area contributed by atoms with E-state index in [4.69, 9.17) is 0 Å². The molecule has 33 heavy (non-hydrogen) atoms. The first kappa shape index (κ1) is 20.0. The summed E-state index contributed by atoms with van der Waals surface area (Å²) >= 11 is 0. The molecule has 0 aliphatic carbocycles. The van der Waals surface area contributed by atoms with Gasteiger partial charge in [-0.15, -0.1) is 0 Å². The summed E-state index contributed by atoms with van der Waals surface area (Å²) in [6.07, 6.45) is 4.81. The lowest BCUT2D eigenvalue weighted by Gasteiger charge is -2.34. The minimum Gasteiger partial charge on any atom is -0.369 e. The van der Waals surface area contributed by atoms with Crippen LogP contribution in [0.15, 0.2) is 60.9 Å². The van der Waals surface area contributed by atoms with Crippen LogP contribution in [0, 0.1) is 0 Å². The Kier molecular flexibility index (Phi) is 4.88. The zero-order valence-corrected chi connectivity index (χ0v) is 18.8. The van der Waals surface area contributed by atoms with Gasteiger partial charge in [0.05, 0.1) is 0 Å². The molecular weight excluding hydrogens is 410 g/mol. The highest BCUT2D eigenvalue weighted by Crippen LogP contribution is 2.33. The Labute approximate surface area is 193 Å². The quantitative estimate of drug-likeness (QED) is 0.510. The molecule has 1 saturated heterocycles. The molecule has 2 aliphatic heterocycles. The number of amides is 1. The Morgan fingerprint density at radius 3 is 2.48 bits per heavy atom. The van der Waals surface area contributed by atoms with E-state index in [2.05, 4.69) is 68.5 Å². The summed E-state index contributed by atoms with van der Waals surface area (Å²) in [4.78, 5) is 24.9. The Morgan fingerprint density at radius 2 is 1.67 bits per heavy atom. The molecule has 166 valence electrons. The van der Waals surface area contributed by atoms with Gasteiger partial charge in [-0.05, 0) is 54.4 Å². The second-order valence-electron chi connectivity index (χ2n) is 9.04. The minimum absolute atomic E-state index is 0.0192. The molecule has 1 amide bonds. The molecule has 6 nitrogen and oxygen atoms in total. The van der Waals surface area contributed by atoms with Crippen molar-refractivity contribution in [3.05, 3.63) is 72.1 Å². The summed E-state index contributed by atoms with van der Waals surface area (Å²) in [5.74, 6) is 0.0192. The van der Waals surface area contributed by atoms with Crippen molar-refractivity contribution >= 4 is 22.6 Å². The predicted molar refractivity (Wildman–Crippen MR) is 133 cm³/mol. The van der Waals surface area contributed by atoms with E-state index in [0.717, 1.165) is 77.0 Å². The van der Waals surface area contributed by atoms with Crippen molar-refractivity contribution in [2.24, 2.45) is 0 Å². The van der Waals surface area contributed by atoms with Crippen LogP contribution in [0.5, 0.6) is 0 Å². The number of likely N-dealkylation sites (N-methyl/N-ethyl adjacent to an activating group) is 1. The molecule has 0 bridgehead atoms. The third-order valence-electron chi connectivity index (χ3n) is 6.94. The van der Waals surface area contributed by atoms with Crippen LogP contribution in [0.4, 0.5) is 5.69 Å². The number of rotatable bonds is 3. The van der Waals surface area contributed by atoms with Gasteiger partial charge in [0, 0.05) is 72.9 Å². The van der Waals surface area contributed by atoms with Crippen molar-refractivity contribution in [2.75, 3.05) is 44.7 Å². The number of pyridine rings is 1. The van der Waals surface area contributed by atoms with Crippen LogP contribution in [0.1, 0.15) is 15.9 Å². The zero-order valence-electron chi connectivity index (χ0n) is 18.8. The zero-order chi connectivity index (χ0) is 22.4. The fourth-order valence-electron chi connectivity index (χ4n) is 4.92. The normalized spacial score (nSPS) is 16.6. The number of aromatic amines is 1. The van der Waals surface area contributed by atoms with Crippen molar-refractivity contribution < 1.29 is 4.79 Å². The number of carbonyl (C=O) groups excluding carboxylic acids is 1. The smallest absolute Gasteiger partial charge is 0.251 e. The van der Waals surface area contributed by atoms with Crippen molar-refractivity contribution in [2.45, 2.75) is 6.42 Å². The van der Waals surface area contributed by atoms with Gasteiger partial charge in [-0.1, -0.05) is 24.3 Å². The van der Waals surface area contributed by atoms with Crippen LogP contribution in [0.3, 0.4) is 0 Å². The van der Waals surface area contributed by atoms with Crippen LogP contribution in [-0.4, -0.2) is 60.5 Å². The number of hydrogen-bond acceptors (Lipinski definition) is 4. The van der Waals surface area contributed by atoms with E-state index in [-0.39, 0.29) is 5.91 Å². The van der Waals surface area contributed by atoms with Gasteiger partial charge in [0.2, 0.25) is 0 Å². The van der Waals surface area contributed by atoms with E-state index in [1.807, 2.05) is 24.5 Å². The van der Waals surface area contributed by atoms with E-state index in [0.29, 0.717) is 6.54 Å². The average Bonchev–Trinajstić information content (AvgIpc) is 3.28. The van der Waals surface area contributed by atoms with Gasteiger partial charge >= 0.3 is 0 Å². The molecule has 2 aromatic carbocycles. The highest BCUT2D eigenvalue weighted by Gasteiger charge is 2.18. The van der Waals surface area contributed by atoms with E-state index < -0.39 is 0 Å². The maximum Gasteiger partial charge on any atom is 0.251 e. The minimum atomic E-state index is 0.0192. The van der Waals surface area contributed by atoms with E-state index >= 15 is 0 Å². The highest BCUT2D eigenvalue weighted by atomic mass is 16.1. The largest absolute Gasteiger partial charge is 0.369 e. The van der Waals surface area contributed by atoms with Crippen molar-refractivity contribution in [3.63, 3.8) is 0 Å². The molecule has 1 fully saturated rings. The van der Waals surface area contributed by atoms with Crippen LogP contribution in [-0.2, 0) is 6.42 Å². The Balaban J connectivity index is 1.32. The molecule has 0 atom stereocenters. The van der Waals surface area contributed by atoms with E-state index in [1.165, 1.54) is 5.69 Å². The van der Waals surface area contributed by atoms with Crippen molar-refractivity contribution in [3.8, 4) is 22.3 Å². The lowest BCUT2D eigenvalue weighted by atomic mass is 9.94. The average molecular weight is 438 g/mol. The number of H-pyrrole nitrogens is 1. The third kappa shape index (κ3) is 3.66. The SMILES string of the molecule is CN1CCN(c2ccc(-c3cnc4[nH]cc(-c5ccc6c(c5)CCNC6=O)c4c3)cc2)CC1. The predicted octanol–water partition coefficient (Wildman–Crippen LogP) is 3.93. The first-order valence-electron chi connectivity index (χ1n) is 11.6. The Hall–Kier alpha value is -3.64. The number of carbonyl (C=O) groups is 1. The molecule has 4 heterocycles. The van der Waals surface area contributed by atoms with E-state index in [1.54, 1.807) is 0 Å². The second kappa shape index (κ2) is 8.05. The van der Waals surface area contributed by atoms with Crippen LogP contribution < -0.4 is 10.2 Å². The van der Waals surface area contributed by atoms with Gasteiger partial charge in [-0.3, -0.25) is 4.79 Å². The number of anilines is 1. The number of benzene rings is 2. The molecule has 2 aliphatic rings. The Morgan fingerprint density at radius 1 is 0.879 bits per heavy atom. The molecule has 2 aromatic heterocycles. The summed E-state index contributed by atoms with van der Waals surface area (Å²) < 4.78 is 0. The standard InChI is InChI=1S/C27H27N5O/c1-31-10-12-32(13-11-31)22-5-2-18(3-6-22)21-15-24-25(17-30-26(24)29-16-21)19-4-7-23-20(14-19)8-9-28-27(23)33/h2-7,14-17H,8-13H2,1H3,(H,28,33)(H,29,30). The van der Waals surface area contributed by atoms with Crippen LogP contribution in [0.2, 0.25) is 0 Å². The van der Waals surface area contributed by atoms with Gasteiger partial charge in [0.25, 0.3) is 5.91 Å². The van der Waals surface area contributed by atoms with Gasteiger partial charge < -0.3 is 20.1 Å². The van der Waals surface area contributed by atoms with Gasteiger partial charge in [0.15, 0.2) is 0 Å². The van der Waals surface area contributed by atoms with Gasteiger partial charge in [-0.2, -0.15) is 0 Å². The molecular formula is C27H27N5O. The van der Waals surface area contributed by atoms with Gasteiger partial charge in [0.1, 0.15) is 5.65 Å². The monoisotopic (exact) mass is 437 g/mol. The number of hydrogen-bond donors (Lipinski definition) is 2. The van der Waals surface area contributed by atoms with Crippen molar-refractivity contribution in [1.82, 2.24) is 20.2 Å². The van der Waals surface area contributed by atoms with Crippen LogP contribution in [0.25, 0.3) is 33.3 Å². The van der Waals surface area contributed by atoms with Crippen LogP contribution >= 0.6 is 0 Å². The number of nitrogens with zero attached hydrogens (tertiary/aromatic N) is 3. The number of piperazine rings is 1. The first-order chi connectivity index (χ1) is 16.2. The summed E-state index contributed by atoms with van der Waals surface area (Å²) in [5.41, 5.74) is 8.53. The molecule has 4 aromatic rings. The Bertz CT molecular complexity index is 1330. The molecule has 2 N–H and O–H groups in total. The number of fused-ring (bicyclic) bond motifs is 2. The topological polar surface area (TPSA) is 64.3 Å². The molecule has 0 spiro atoms. The lowest BCUT2D eigenvalue weighted by Crippen LogP contribution is -2.44. The maximum atomic E-state index is 12.1. The lowest BCUT2D eigenvalue weighted by molar-refractivity contribution is 0.0946. The molecule has 0 saturated carbocycles. The van der Waals surface area contributed by atoms with Gasteiger partial charge in [-0.25, -0.2) is 4.98 Å². The summed E-state index contributed by atoms with van der Waals surface area (Å²) in [7, 11) is 2.18. The summed E-state index contributed by atoms with van der Waals surface area (Å²) in [5, 5.41) is 4.01. The maximum absolute atomic E-state index is 12.1. The number of nitrogens with one attached hydrogen (secondary N) is 2. The number of aromatic nitrogens is 2. The highest BCUT2D eigenvalue weighted by molar-refractivity contribution is 5.99. The second-order valence-corrected chi connectivity index (χ2v) is 9.04. The van der Waals surface area contributed by atoms with Crippen molar-refractivity contribution in [1.29, 1.82) is 0 Å².